The maximum Gasteiger partial charge on any atom is 0.410 e. The molecule has 8 nitrogen and oxygen atoms in total. The molecule has 3 atom stereocenters. The van der Waals surface area contributed by atoms with Gasteiger partial charge in [-0.2, -0.15) is 0 Å². The van der Waals surface area contributed by atoms with Crippen LogP contribution in [-0.2, 0) is 24.5 Å². The monoisotopic (exact) mass is 534 g/mol. The van der Waals surface area contributed by atoms with Crippen LogP contribution in [0.25, 0.3) is 0 Å². The predicted molar refractivity (Wildman–Crippen MR) is 147 cm³/mol. The van der Waals surface area contributed by atoms with E-state index in [1.54, 1.807) is 20.8 Å². The molecule has 1 saturated heterocycles. The van der Waals surface area contributed by atoms with Crippen LogP contribution in [0.4, 0.5) is 4.79 Å². The third-order valence-corrected chi connectivity index (χ3v) is 12.1. The summed E-state index contributed by atoms with van der Waals surface area (Å²) in [6.45, 7) is 20.7. The Hall–Kier alpha value is -2.55. The van der Waals surface area contributed by atoms with Crippen molar-refractivity contribution in [1.82, 2.24) is 10.2 Å². The standard InChI is InChI=1S/C28H46N2O6Si/c1-19-18-30(25(33)35-26(2,3)4)22(24(32)29-17-23(31)34-9)16-28(19,8)20-13-12-14-21(15-20)36-37(10,11)27(5,6)7/h12-15,19,22H,16-18H2,1-11H3,(H,29,32)/t19-,22?,28+/m0/s1. The Kier molecular flexibility index (Phi) is 9.16. The van der Waals surface area contributed by atoms with Gasteiger partial charge in [-0.05, 0) is 74.4 Å². The van der Waals surface area contributed by atoms with Gasteiger partial charge in [0.05, 0.1) is 7.11 Å². The molecule has 2 rings (SSSR count). The summed E-state index contributed by atoms with van der Waals surface area (Å²) in [4.78, 5) is 39.6. The second-order valence-electron chi connectivity index (χ2n) is 12.9. The summed E-state index contributed by atoms with van der Waals surface area (Å²) in [5.74, 6) is -0.130. The summed E-state index contributed by atoms with van der Waals surface area (Å²) in [5, 5.41) is 2.69. The summed E-state index contributed by atoms with van der Waals surface area (Å²) < 4.78 is 16.9. The van der Waals surface area contributed by atoms with Gasteiger partial charge in [0.2, 0.25) is 14.2 Å². The minimum atomic E-state index is -2.04. The van der Waals surface area contributed by atoms with Gasteiger partial charge in [0.25, 0.3) is 0 Å². The van der Waals surface area contributed by atoms with E-state index in [-0.39, 0.29) is 17.5 Å². The molecule has 1 aromatic rings. The Bertz CT molecular complexity index is 997. The molecule has 1 unspecified atom stereocenters. The molecule has 1 aliphatic heterocycles. The first-order valence-corrected chi connectivity index (χ1v) is 15.9. The second-order valence-corrected chi connectivity index (χ2v) is 17.6. The van der Waals surface area contributed by atoms with Gasteiger partial charge in [0.1, 0.15) is 23.9 Å². The molecule has 9 heteroatoms. The van der Waals surface area contributed by atoms with E-state index >= 15 is 0 Å². The van der Waals surface area contributed by atoms with Gasteiger partial charge in [-0.3, -0.25) is 14.5 Å². The van der Waals surface area contributed by atoms with Crippen molar-refractivity contribution in [3.63, 3.8) is 0 Å². The van der Waals surface area contributed by atoms with Crippen LogP contribution in [-0.4, -0.2) is 63.0 Å². The number of likely N-dealkylation sites (tertiary alicyclic amines) is 1. The fourth-order valence-corrected chi connectivity index (χ4v) is 5.23. The number of hydrogen-bond acceptors (Lipinski definition) is 6. The van der Waals surface area contributed by atoms with Crippen molar-refractivity contribution < 1.29 is 28.3 Å². The van der Waals surface area contributed by atoms with Gasteiger partial charge in [0, 0.05) is 6.54 Å². The SMILES string of the molecule is COC(=O)CNC(=O)C1C[C@@](C)(c2cccc(O[Si](C)(C)C(C)(C)C)c2)[C@@H](C)CN1C(=O)OC(C)(C)C. The lowest BCUT2D eigenvalue weighted by atomic mass is 9.65. The van der Waals surface area contributed by atoms with Crippen molar-refractivity contribution in [2.45, 2.75) is 97.0 Å². The van der Waals surface area contributed by atoms with Crippen LogP contribution >= 0.6 is 0 Å². The lowest BCUT2D eigenvalue weighted by molar-refractivity contribution is -0.142. The van der Waals surface area contributed by atoms with E-state index in [9.17, 15) is 14.4 Å². The van der Waals surface area contributed by atoms with Crippen molar-refractivity contribution in [2.24, 2.45) is 5.92 Å². The summed E-state index contributed by atoms with van der Waals surface area (Å²) in [7, 11) is -0.779. The van der Waals surface area contributed by atoms with Gasteiger partial charge in [-0.25, -0.2) is 4.79 Å². The van der Waals surface area contributed by atoms with Crippen molar-refractivity contribution in [3.8, 4) is 5.75 Å². The topological polar surface area (TPSA) is 94.2 Å². The molecule has 1 N–H and O–H groups in total. The molecule has 0 aromatic heterocycles. The number of carbonyl (C=O) groups excluding carboxylic acids is 3. The maximum absolute atomic E-state index is 13.3. The van der Waals surface area contributed by atoms with Crippen LogP contribution < -0.4 is 9.74 Å². The molecular formula is C28H46N2O6Si. The van der Waals surface area contributed by atoms with E-state index in [0.29, 0.717) is 13.0 Å². The zero-order chi connectivity index (χ0) is 28.4. The molecule has 0 aliphatic carbocycles. The molecule has 208 valence electrons. The van der Waals surface area contributed by atoms with Gasteiger partial charge in [-0.15, -0.1) is 0 Å². The molecule has 1 fully saturated rings. The zero-order valence-electron chi connectivity index (χ0n) is 24.5. The molecular weight excluding hydrogens is 488 g/mol. The third-order valence-electron chi connectivity index (χ3n) is 7.79. The van der Waals surface area contributed by atoms with Gasteiger partial charge in [-0.1, -0.05) is 46.8 Å². The Morgan fingerprint density at radius 3 is 2.30 bits per heavy atom. The minimum absolute atomic E-state index is 0.0211. The lowest BCUT2D eigenvalue weighted by Gasteiger charge is -2.48. The van der Waals surface area contributed by atoms with E-state index in [4.69, 9.17) is 9.16 Å². The van der Waals surface area contributed by atoms with E-state index in [0.717, 1.165) is 11.3 Å². The average Bonchev–Trinajstić information content (AvgIpc) is 2.76. The minimum Gasteiger partial charge on any atom is -0.543 e. The maximum atomic E-state index is 13.3. The number of hydrogen-bond donors (Lipinski definition) is 1. The van der Waals surface area contributed by atoms with Crippen LogP contribution in [0, 0.1) is 5.92 Å². The van der Waals surface area contributed by atoms with Gasteiger partial charge >= 0.3 is 12.1 Å². The molecule has 0 saturated carbocycles. The first-order valence-electron chi connectivity index (χ1n) is 12.9. The normalized spacial score (nSPS) is 22.7. The first-order chi connectivity index (χ1) is 16.8. The Balaban J connectivity index is 2.42. The number of methoxy groups -OCH3 is 1. The number of benzene rings is 1. The molecule has 37 heavy (non-hydrogen) atoms. The Morgan fingerprint density at radius 1 is 1.14 bits per heavy atom. The molecule has 0 bridgehead atoms. The number of esters is 1. The number of piperidine rings is 1. The van der Waals surface area contributed by atoms with Gasteiger partial charge in [0.15, 0.2) is 0 Å². The molecule has 1 aromatic carbocycles. The van der Waals surface area contributed by atoms with Crippen molar-refractivity contribution in [3.05, 3.63) is 29.8 Å². The van der Waals surface area contributed by atoms with E-state index < -0.39 is 43.3 Å². The second kappa shape index (κ2) is 11.1. The fraction of sp³-hybridized carbons (Fsp3) is 0.679. The highest BCUT2D eigenvalue weighted by Gasteiger charge is 2.48. The van der Waals surface area contributed by atoms with Gasteiger partial charge < -0.3 is 19.2 Å². The van der Waals surface area contributed by atoms with Crippen LogP contribution in [0.2, 0.25) is 18.1 Å². The summed E-state index contributed by atoms with van der Waals surface area (Å²) >= 11 is 0. The molecule has 2 amide bonds. The summed E-state index contributed by atoms with van der Waals surface area (Å²) in [6, 6.07) is 7.28. The lowest BCUT2D eigenvalue weighted by Crippen LogP contribution is -2.60. The van der Waals surface area contributed by atoms with Crippen molar-refractivity contribution in [1.29, 1.82) is 0 Å². The number of ether oxygens (including phenoxy) is 2. The number of amides is 2. The largest absolute Gasteiger partial charge is 0.543 e. The summed E-state index contributed by atoms with van der Waals surface area (Å²) in [6.07, 6.45) is -0.182. The zero-order valence-corrected chi connectivity index (χ0v) is 25.5. The van der Waals surface area contributed by atoms with E-state index in [1.807, 2.05) is 12.1 Å². The molecule has 0 radical (unpaired) electrons. The molecule has 1 heterocycles. The van der Waals surface area contributed by atoms with E-state index in [2.05, 4.69) is 69.9 Å². The highest BCUT2D eigenvalue weighted by atomic mass is 28.4. The molecule has 0 spiro atoms. The first kappa shape index (κ1) is 30.7. The number of nitrogens with zero attached hydrogens (tertiary/aromatic N) is 1. The third kappa shape index (κ3) is 7.49. The summed E-state index contributed by atoms with van der Waals surface area (Å²) in [5.41, 5.74) is -0.0897. The number of carbonyl (C=O) groups is 3. The molecule has 1 aliphatic rings. The number of rotatable bonds is 6. The van der Waals surface area contributed by atoms with Crippen LogP contribution in [0.1, 0.15) is 67.4 Å². The number of nitrogens with one attached hydrogen (secondary N) is 1. The van der Waals surface area contributed by atoms with Crippen molar-refractivity contribution in [2.75, 3.05) is 20.2 Å². The average molecular weight is 535 g/mol. The quantitative estimate of drug-likeness (QED) is 0.395. The highest BCUT2D eigenvalue weighted by Crippen LogP contribution is 2.44. The highest BCUT2D eigenvalue weighted by molar-refractivity contribution is 6.74. The van der Waals surface area contributed by atoms with E-state index in [1.165, 1.54) is 12.0 Å². The Morgan fingerprint density at radius 2 is 1.76 bits per heavy atom. The Labute approximate surface area is 223 Å². The predicted octanol–water partition coefficient (Wildman–Crippen LogP) is 5.26. The van der Waals surface area contributed by atoms with Crippen LogP contribution in [0.5, 0.6) is 5.75 Å². The van der Waals surface area contributed by atoms with Crippen LogP contribution in [0.3, 0.4) is 0 Å². The smallest absolute Gasteiger partial charge is 0.410 e. The van der Waals surface area contributed by atoms with Crippen LogP contribution in [0.15, 0.2) is 24.3 Å². The van der Waals surface area contributed by atoms with Crippen molar-refractivity contribution >= 4 is 26.3 Å². The fourth-order valence-electron chi connectivity index (χ4n) is 4.21.